The van der Waals surface area contributed by atoms with Gasteiger partial charge in [0.25, 0.3) is 0 Å². The van der Waals surface area contributed by atoms with Crippen LogP contribution in [0.1, 0.15) is 42.4 Å². The van der Waals surface area contributed by atoms with Gasteiger partial charge in [-0.25, -0.2) is 0 Å². The highest BCUT2D eigenvalue weighted by Crippen LogP contribution is 2.28. The molecule has 0 atom stereocenters. The molecule has 1 aromatic carbocycles. The maximum absolute atomic E-state index is 3.76. The summed E-state index contributed by atoms with van der Waals surface area (Å²) in [5.74, 6) is 1.00. The molecule has 1 saturated heterocycles. The van der Waals surface area contributed by atoms with E-state index < -0.39 is 0 Å². The second-order valence-corrected chi connectivity index (χ2v) is 6.83. The van der Waals surface area contributed by atoms with Crippen LogP contribution in [0.4, 0.5) is 0 Å². The van der Waals surface area contributed by atoms with Crippen molar-refractivity contribution < 1.29 is 0 Å². The van der Waals surface area contributed by atoms with Crippen LogP contribution in [0.5, 0.6) is 0 Å². The summed E-state index contributed by atoms with van der Waals surface area (Å²) >= 11 is 0. The molecule has 1 aromatic rings. The van der Waals surface area contributed by atoms with Crippen LogP contribution in [-0.2, 0) is 6.54 Å². The predicted molar refractivity (Wildman–Crippen MR) is 84.9 cm³/mol. The third-order valence-electron chi connectivity index (χ3n) is 4.88. The zero-order valence-corrected chi connectivity index (χ0v) is 13.0. The maximum Gasteiger partial charge on any atom is 0.0236 e. The normalized spacial score (nSPS) is 21.3. The standard InChI is InChI=1S/C18H28N2/c1-14-3-4-15(2)17(11-14)13-20-9-7-18(8-10-20)19-12-16-5-6-16/h3-4,11,16,18-19H,5-10,12-13H2,1-2H3. The van der Waals surface area contributed by atoms with Gasteiger partial charge in [-0.2, -0.15) is 0 Å². The summed E-state index contributed by atoms with van der Waals surface area (Å²) in [6.45, 7) is 9.31. The Hall–Kier alpha value is -0.860. The second-order valence-electron chi connectivity index (χ2n) is 6.83. The Kier molecular flexibility index (Phi) is 4.42. The Labute approximate surface area is 123 Å². The van der Waals surface area contributed by atoms with Gasteiger partial charge in [0.1, 0.15) is 0 Å². The number of rotatable bonds is 5. The first-order chi connectivity index (χ1) is 9.70. The van der Waals surface area contributed by atoms with E-state index in [1.54, 1.807) is 0 Å². The number of hydrogen-bond acceptors (Lipinski definition) is 2. The van der Waals surface area contributed by atoms with E-state index in [0.717, 1.165) is 18.5 Å². The summed E-state index contributed by atoms with van der Waals surface area (Å²) in [4.78, 5) is 2.62. The highest BCUT2D eigenvalue weighted by atomic mass is 15.1. The van der Waals surface area contributed by atoms with Crippen LogP contribution in [-0.4, -0.2) is 30.6 Å². The van der Waals surface area contributed by atoms with Gasteiger partial charge in [-0.1, -0.05) is 23.8 Å². The average molecular weight is 272 g/mol. The summed E-state index contributed by atoms with van der Waals surface area (Å²) in [6.07, 6.45) is 5.55. The van der Waals surface area contributed by atoms with E-state index in [1.165, 1.54) is 62.0 Å². The van der Waals surface area contributed by atoms with Gasteiger partial charge in [0.05, 0.1) is 0 Å². The molecule has 1 N–H and O–H groups in total. The van der Waals surface area contributed by atoms with E-state index in [1.807, 2.05) is 0 Å². The van der Waals surface area contributed by atoms with Crippen molar-refractivity contribution in [1.29, 1.82) is 0 Å². The zero-order valence-electron chi connectivity index (χ0n) is 13.0. The van der Waals surface area contributed by atoms with Crippen molar-refractivity contribution in [2.45, 2.75) is 52.1 Å². The Balaban J connectivity index is 1.46. The van der Waals surface area contributed by atoms with Crippen LogP contribution in [0, 0.1) is 19.8 Å². The molecule has 20 heavy (non-hydrogen) atoms. The number of benzene rings is 1. The summed E-state index contributed by atoms with van der Waals surface area (Å²) in [7, 11) is 0. The average Bonchev–Trinajstić information content (AvgIpc) is 3.26. The molecule has 0 bridgehead atoms. The number of likely N-dealkylation sites (tertiary alicyclic amines) is 1. The van der Waals surface area contributed by atoms with Gasteiger partial charge in [0.2, 0.25) is 0 Å². The molecule has 1 saturated carbocycles. The summed E-state index contributed by atoms with van der Waals surface area (Å²) < 4.78 is 0. The molecular weight excluding hydrogens is 244 g/mol. The largest absolute Gasteiger partial charge is 0.314 e. The molecular formula is C18H28N2. The minimum absolute atomic E-state index is 0.769. The molecule has 0 aromatic heterocycles. The topological polar surface area (TPSA) is 15.3 Å². The Morgan fingerprint density at radius 3 is 2.55 bits per heavy atom. The molecule has 110 valence electrons. The lowest BCUT2D eigenvalue weighted by Gasteiger charge is -2.33. The molecule has 2 heteroatoms. The van der Waals surface area contributed by atoms with Gasteiger partial charge in [0, 0.05) is 12.6 Å². The first-order valence-corrected chi connectivity index (χ1v) is 8.22. The van der Waals surface area contributed by atoms with Crippen LogP contribution in [0.15, 0.2) is 18.2 Å². The fourth-order valence-electron chi connectivity index (χ4n) is 3.16. The summed E-state index contributed by atoms with van der Waals surface area (Å²) in [6, 6.07) is 7.60. The van der Waals surface area contributed by atoms with Crippen molar-refractivity contribution in [2.24, 2.45) is 5.92 Å². The van der Waals surface area contributed by atoms with Crippen LogP contribution in [0.25, 0.3) is 0 Å². The number of hydrogen-bond donors (Lipinski definition) is 1. The van der Waals surface area contributed by atoms with Gasteiger partial charge >= 0.3 is 0 Å². The highest BCUT2D eigenvalue weighted by molar-refractivity contribution is 5.30. The van der Waals surface area contributed by atoms with E-state index >= 15 is 0 Å². The molecule has 1 aliphatic carbocycles. The number of nitrogens with one attached hydrogen (secondary N) is 1. The van der Waals surface area contributed by atoms with Crippen LogP contribution in [0.3, 0.4) is 0 Å². The number of piperidine rings is 1. The minimum Gasteiger partial charge on any atom is -0.314 e. The molecule has 0 radical (unpaired) electrons. The monoisotopic (exact) mass is 272 g/mol. The lowest BCUT2D eigenvalue weighted by molar-refractivity contribution is 0.190. The zero-order chi connectivity index (χ0) is 13.9. The van der Waals surface area contributed by atoms with Crippen molar-refractivity contribution in [3.05, 3.63) is 34.9 Å². The van der Waals surface area contributed by atoms with Crippen molar-refractivity contribution in [2.75, 3.05) is 19.6 Å². The lowest BCUT2D eigenvalue weighted by atomic mass is 10.0. The van der Waals surface area contributed by atoms with Crippen LogP contribution < -0.4 is 5.32 Å². The van der Waals surface area contributed by atoms with Crippen molar-refractivity contribution in [3.63, 3.8) is 0 Å². The smallest absolute Gasteiger partial charge is 0.0236 e. The number of nitrogens with zero attached hydrogens (tertiary/aromatic N) is 1. The predicted octanol–water partition coefficient (Wildman–Crippen LogP) is 3.27. The molecule has 2 nitrogen and oxygen atoms in total. The quantitative estimate of drug-likeness (QED) is 0.885. The third kappa shape index (κ3) is 3.83. The van der Waals surface area contributed by atoms with Crippen molar-refractivity contribution in [3.8, 4) is 0 Å². The molecule has 2 aliphatic rings. The SMILES string of the molecule is Cc1ccc(C)c(CN2CCC(NCC3CC3)CC2)c1. The fraction of sp³-hybridized carbons (Fsp3) is 0.667. The molecule has 0 spiro atoms. The summed E-state index contributed by atoms with van der Waals surface area (Å²) in [5.41, 5.74) is 4.32. The second kappa shape index (κ2) is 6.28. The molecule has 1 aliphatic heterocycles. The first-order valence-electron chi connectivity index (χ1n) is 8.22. The minimum atomic E-state index is 0.769. The van der Waals surface area contributed by atoms with Gasteiger partial charge < -0.3 is 5.32 Å². The molecule has 0 amide bonds. The highest BCUT2D eigenvalue weighted by Gasteiger charge is 2.24. The van der Waals surface area contributed by atoms with Gasteiger partial charge in [-0.3, -0.25) is 4.90 Å². The Bertz CT molecular complexity index is 443. The van der Waals surface area contributed by atoms with E-state index in [0.29, 0.717) is 0 Å². The molecule has 3 rings (SSSR count). The first kappa shape index (κ1) is 14.1. The van der Waals surface area contributed by atoms with Gasteiger partial charge in [0.15, 0.2) is 0 Å². The van der Waals surface area contributed by atoms with E-state index in [4.69, 9.17) is 0 Å². The van der Waals surface area contributed by atoms with E-state index in [2.05, 4.69) is 42.3 Å². The van der Waals surface area contributed by atoms with Gasteiger partial charge in [-0.05, 0) is 76.2 Å². The van der Waals surface area contributed by atoms with Crippen molar-refractivity contribution in [1.82, 2.24) is 10.2 Å². The Morgan fingerprint density at radius 1 is 1.10 bits per heavy atom. The fourth-order valence-corrected chi connectivity index (χ4v) is 3.16. The van der Waals surface area contributed by atoms with E-state index in [-0.39, 0.29) is 0 Å². The Morgan fingerprint density at radius 2 is 1.85 bits per heavy atom. The number of aryl methyl sites for hydroxylation is 2. The molecule has 2 fully saturated rings. The van der Waals surface area contributed by atoms with Gasteiger partial charge in [-0.15, -0.1) is 0 Å². The molecule has 1 heterocycles. The molecule has 0 unspecified atom stereocenters. The summed E-state index contributed by atoms with van der Waals surface area (Å²) in [5, 5.41) is 3.76. The lowest BCUT2D eigenvalue weighted by Crippen LogP contribution is -2.42. The van der Waals surface area contributed by atoms with Crippen LogP contribution >= 0.6 is 0 Å². The maximum atomic E-state index is 3.76. The third-order valence-corrected chi connectivity index (χ3v) is 4.88. The van der Waals surface area contributed by atoms with E-state index in [9.17, 15) is 0 Å². The van der Waals surface area contributed by atoms with Crippen LogP contribution in [0.2, 0.25) is 0 Å². The van der Waals surface area contributed by atoms with Crippen molar-refractivity contribution >= 4 is 0 Å².